The molecule has 1 rings (SSSR count). The van der Waals surface area contributed by atoms with Crippen LogP contribution in [0.3, 0.4) is 0 Å². The summed E-state index contributed by atoms with van der Waals surface area (Å²) in [6.07, 6.45) is 0. The molecule has 2 N–H and O–H groups in total. The normalized spacial score (nSPS) is 18.6. The highest BCUT2D eigenvalue weighted by Gasteiger charge is 2.29. The number of carbonyl (C=O) groups excluding carboxylic acids is 2. The molecule has 1 atom stereocenters. The van der Waals surface area contributed by atoms with Crippen molar-refractivity contribution in [1.29, 1.82) is 0 Å². The highest BCUT2D eigenvalue weighted by atomic mass is 16.5. The van der Waals surface area contributed by atoms with Gasteiger partial charge in [0.15, 0.2) is 0 Å². The van der Waals surface area contributed by atoms with Crippen LogP contribution >= 0.6 is 0 Å². The van der Waals surface area contributed by atoms with Crippen molar-refractivity contribution in [3.8, 4) is 0 Å². The predicted molar refractivity (Wildman–Crippen MR) is 54.9 cm³/mol. The summed E-state index contributed by atoms with van der Waals surface area (Å²) in [6.45, 7) is 6.23. The van der Waals surface area contributed by atoms with Crippen molar-refractivity contribution in [2.75, 3.05) is 13.2 Å². The molecule has 1 heterocycles. The number of rotatable bonds is 4. The zero-order chi connectivity index (χ0) is 11.4. The predicted octanol–water partition coefficient (Wildman–Crippen LogP) is -0.0686. The first-order valence-electron chi connectivity index (χ1n) is 4.95. The summed E-state index contributed by atoms with van der Waals surface area (Å²) in [5.41, 5.74) is 1.20. The Morgan fingerprint density at radius 2 is 2.27 bits per heavy atom. The van der Waals surface area contributed by atoms with Crippen molar-refractivity contribution < 1.29 is 14.3 Å². The van der Waals surface area contributed by atoms with E-state index >= 15 is 0 Å². The minimum atomic E-state index is -0.405. The van der Waals surface area contributed by atoms with Gasteiger partial charge in [-0.05, 0) is 26.3 Å². The van der Waals surface area contributed by atoms with Gasteiger partial charge in [0, 0.05) is 6.54 Å². The van der Waals surface area contributed by atoms with Crippen LogP contribution in [-0.4, -0.2) is 31.1 Å². The second-order valence-corrected chi connectivity index (χ2v) is 3.54. The summed E-state index contributed by atoms with van der Waals surface area (Å²) < 4.78 is 4.88. The lowest BCUT2D eigenvalue weighted by Gasteiger charge is -2.28. The van der Waals surface area contributed by atoms with Gasteiger partial charge in [-0.2, -0.15) is 0 Å². The van der Waals surface area contributed by atoms with E-state index in [1.807, 2.05) is 0 Å². The Morgan fingerprint density at radius 1 is 1.60 bits per heavy atom. The molecule has 0 spiro atoms. The fraction of sp³-hybridized carbons (Fsp3) is 0.600. The van der Waals surface area contributed by atoms with E-state index < -0.39 is 5.97 Å². The van der Waals surface area contributed by atoms with Crippen molar-refractivity contribution in [1.82, 2.24) is 10.6 Å². The molecular formula is C10H16N2O3. The Bertz CT molecular complexity index is 306. The van der Waals surface area contributed by atoms with E-state index in [0.717, 1.165) is 5.57 Å². The maximum Gasteiger partial charge on any atom is 0.354 e. The molecule has 0 saturated carbocycles. The number of allylic oxidation sites excluding steroid dienone is 1. The fourth-order valence-corrected chi connectivity index (χ4v) is 1.19. The molecule has 0 aliphatic carbocycles. The first kappa shape index (κ1) is 11.6. The Balaban J connectivity index is 2.63. The van der Waals surface area contributed by atoms with E-state index in [9.17, 15) is 9.59 Å². The molecule has 1 aliphatic rings. The van der Waals surface area contributed by atoms with Gasteiger partial charge in [0.05, 0.1) is 6.61 Å². The van der Waals surface area contributed by atoms with Crippen LogP contribution in [0.4, 0.5) is 0 Å². The summed E-state index contributed by atoms with van der Waals surface area (Å²) in [5, 5.41) is 5.48. The molecule has 1 amide bonds. The minimum Gasteiger partial charge on any atom is -0.461 e. The summed E-state index contributed by atoms with van der Waals surface area (Å²) >= 11 is 0. The second-order valence-electron chi connectivity index (χ2n) is 3.54. The summed E-state index contributed by atoms with van der Waals surface area (Å²) in [5.74, 6) is -0.491. The Morgan fingerprint density at radius 3 is 2.60 bits per heavy atom. The Kier molecular flexibility index (Phi) is 3.71. The van der Waals surface area contributed by atoms with Gasteiger partial charge in [0.25, 0.3) is 0 Å². The molecule has 84 valence electrons. The maximum atomic E-state index is 11.5. The lowest BCUT2D eigenvalue weighted by atomic mass is 10.1. The van der Waals surface area contributed by atoms with Crippen LogP contribution < -0.4 is 10.6 Å². The van der Waals surface area contributed by atoms with Gasteiger partial charge in [-0.1, -0.05) is 0 Å². The average molecular weight is 212 g/mol. The fourth-order valence-electron chi connectivity index (χ4n) is 1.19. The quantitative estimate of drug-likeness (QED) is 0.389. The van der Waals surface area contributed by atoms with E-state index in [-0.39, 0.29) is 11.9 Å². The van der Waals surface area contributed by atoms with Gasteiger partial charge < -0.3 is 15.4 Å². The lowest BCUT2D eigenvalue weighted by Crippen LogP contribution is -2.60. The highest BCUT2D eigenvalue weighted by molar-refractivity contribution is 5.92. The van der Waals surface area contributed by atoms with Crippen LogP contribution in [0.5, 0.6) is 0 Å². The van der Waals surface area contributed by atoms with Gasteiger partial charge in [0.2, 0.25) is 5.91 Å². The van der Waals surface area contributed by atoms with Crippen molar-refractivity contribution in [3.63, 3.8) is 0 Å². The monoisotopic (exact) mass is 212 g/mol. The van der Waals surface area contributed by atoms with Crippen LogP contribution in [0.15, 0.2) is 11.3 Å². The minimum absolute atomic E-state index is 0.0851. The van der Waals surface area contributed by atoms with Crippen LogP contribution in [-0.2, 0) is 14.3 Å². The molecule has 0 aromatic rings. The van der Waals surface area contributed by atoms with E-state index in [4.69, 9.17) is 4.74 Å². The molecule has 0 aromatic heterocycles. The SMILES string of the molecule is CCOC(=O)C(NC1CNC1=O)=C(C)C. The molecule has 0 aromatic carbocycles. The molecule has 15 heavy (non-hydrogen) atoms. The number of β-lactam (4-membered cyclic amide) rings is 1. The number of ether oxygens (including phenoxy) is 1. The van der Waals surface area contributed by atoms with Gasteiger partial charge in [-0.15, -0.1) is 0 Å². The lowest BCUT2D eigenvalue weighted by molar-refractivity contribution is -0.139. The molecule has 0 radical (unpaired) electrons. The highest BCUT2D eigenvalue weighted by Crippen LogP contribution is 2.06. The topological polar surface area (TPSA) is 67.4 Å². The van der Waals surface area contributed by atoms with Gasteiger partial charge in [-0.3, -0.25) is 4.79 Å². The van der Waals surface area contributed by atoms with E-state index in [0.29, 0.717) is 18.8 Å². The van der Waals surface area contributed by atoms with E-state index in [1.165, 1.54) is 0 Å². The third-order valence-corrected chi connectivity index (χ3v) is 2.10. The van der Waals surface area contributed by atoms with Gasteiger partial charge >= 0.3 is 5.97 Å². The van der Waals surface area contributed by atoms with Gasteiger partial charge in [0.1, 0.15) is 11.7 Å². The molecular weight excluding hydrogens is 196 g/mol. The van der Waals surface area contributed by atoms with Crippen LogP contribution in [0, 0.1) is 0 Å². The van der Waals surface area contributed by atoms with E-state index in [2.05, 4.69) is 10.6 Å². The standard InChI is InChI=1S/C10H16N2O3/c1-4-15-10(14)8(6(2)3)12-7-5-11-9(7)13/h7,12H,4-5H2,1-3H3,(H,11,13). The summed E-state index contributed by atoms with van der Waals surface area (Å²) in [4.78, 5) is 22.5. The molecule has 1 aliphatic heterocycles. The maximum absolute atomic E-state index is 11.5. The first-order valence-corrected chi connectivity index (χ1v) is 4.95. The van der Waals surface area contributed by atoms with Crippen molar-refractivity contribution >= 4 is 11.9 Å². The second kappa shape index (κ2) is 4.82. The summed E-state index contributed by atoms with van der Waals surface area (Å²) in [6, 6.07) is -0.306. The number of esters is 1. The number of hydrogen-bond donors (Lipinski definition) is 2. The largest absolute Gasteiger partial charge is 0.461 e. The van der Waals surface area contributed by atoms with Gasteiger partial charge in [-0.25, -0.2) is 4.79 Å². The van der Waals surface area contributed by atoms with Crippen molar-refractivity contribution in [3.05, 3.63) is 11.3 Å². The molecule has 1 unspecified atom stereocenters. The smallest absolute Gasteiger partial charge is 0.354 e. The number of carbonyl (C=O) groups is 2. The molecule has 5 heteroatoms. The van der Waals surface area contributed by atoms with Crippen LogP contribution in [0.25, 0.3) is 0 Å². The number of amides is 1. The molecule has 1 fully saturated rings. The number of nitrogens with one attached hydrogen (secondary N) is 2. The van der Waals surface area contributed by atoms with Crippen molar-refractivity contribution in [2.45, 2.75) is 26.8 Å². The summed E-state index contributed by atoms with van der Waals surface area (Å²) in [7, 11) is 0. The Labute approximate surface area is 88.9 Å². The zero-order valence-corrected chi connectivity index (χ0v) is 9.22. The third kappa shape index (κ3) is 2.71. The molecule has 5 nitrogen and oxygen atoms in total. The molecule has 0 bridgehead atoms. The number of hydrogen-bond acceptors (Lipinski definition) is 4. The van der Waals surface area contributed by atoms with Crippen LogP contribution in [0.1, 0.15) is 20.8 Å². The Hall–Kier alpha value is -1.52. The average Bonchev–Trinajstić information content (AvgIpc) is 2.16. The van der Waals surface area contributed by atoms with E-state index in [1.54, 1.807) is 20.8 Å². The zero-order valence-electron chi connectivity index (χ0n) is 9.22. The van der Waals surface area contributed by atoms with Crippen molar-refractivity contribution in [2.24, 2.45) is 0 Å². The molecule has 1 saturated heterocycles. The first-order chi connectivity index (χ1) is 7.06. The van der Waals surface area contributed by atoms with Crippen LogP contribution in [0.2, 0.25) is 0 Å². The third-order valence-electron chi connectivity index (χ3n) is 2.10.